The fraction of sp³-hybridized carbons (Fsp3) is 0.0714. The normalized spacial score (nSPS) is 11.5. The van der Waals surface area contributed by atoms with Crippen LogP contribution in [-0.2, 0) is 6.54 Å². The Balaban J connectivity index is 1.80. The van der Waals surface area contributed by atoms with Gasteiger partial charge in [-0.05, 0) is 17.7 Å². The van der Waals surface area contributed by atoms with E-state index < -0.39 is 0 Å². The van der Waals surface area contributed by atoms with Gasteiger partial charge in [-0.25, -0.2) is 19.3 Å². The summed E-state index contributed by atoms with van der Waals surface area (Å²) in [7, 11) is 0. The summed E-state index contributed by atoms with van der Waals surface area (Å²) < 4.78 is 14.6. The van der Waals surface area contributed by atoms with Gasteiger partial charge in [0.15, 0.2) is 10.8 Å². The summed E-state index contributed by atoms with van der Waals surface area (Å²) in [5, 5.41) is 0.344. The zero-order valence-electron chi connectivity index (χ0n) is 10.4. The molecule has 100 valence electrons. The van der Waals surface area contributed by atoms with E-state index in [0.29, 0.717) is 22.9 Å². The predicted molar refractivity (Wildman–Crippen MR) is 75.8 cm³/mol. The van der Waals surface area contributed by atoms with Crippen LogP contribution < -0.4 is 0 Å². The lowest BCUT2D eigenvalue weighted by Gasteiger charge is -1.99. The van der Waals surface area contributed by atoms with Crippen LogP contribution in [0.3, 0.4) is 0 Å². The van der Waals surface area contributed by atoms with Gasteiger partial charge in [0.25, 0.3) is 0 Å². The van der Waals surface area contributed by atoms with Gasteiger partial charge < -0.3 is 4.57 Å². The summed E-state index contributed by atoms with van der Waals surface area (Å²) in [6.45, 7) is 0.598. The molecule has 0 radical (unpaired) electrons. The van der Waals surface area contributed by atoms with E-state index in [1.807, 2.05) is 16.7 Å². The molecular weight excluding hydrogens is 279 g/mol. The molecule has 6 heteroatoms. The smallest absolute Gasteiger partial charge is 0.165 e. The van der Waals surface area contributed by atoms with Crippen LogP contribution in [0.5, 0.6) is 0 Å². The van der Waals surface area contributed by atoms with Gasteiger partial charge in [0.2, 0.25) is 0 Å². The Morgan fingerprint density at radius 3 is 2.75 bits per heavy atom. The maximum absolute atomic E-state index is 12.8. The van der Waals surface area contributed by atoms with E-state index in [-0.39, 0.29) is 5.82 Å². The van der Waals surface area contributed by atoms with E-state index in [4.69, 9.17) is 11.6 Å². The topological polar surface area (TPSA) is 43.6 Å². The molecule has 0 unspecified atom stereocenters. The third-order valence-corrected chi connectivity index (χ3v) is 3.12. The van der Waals surface area contributed by atoms with Crippen molar-refractivity contribution in [2.75, 3.05) is 0 Å². The number of allylic oxidation sites excluding steroid dienone is 1. The first-order valence-corrected chi connectivity index (χ1v) is 6.35. The first-order chi connectivity index (χ1) is 9.74. The highest BCUT2D eigenvalue weighted by Gasteiger charge is 2.06. The van der Waals surface area contributed by atoms with Crippen LogP contribution in [0, 0.1) is 5.82 Å². The molecule has 3 aromatic rings. The molecule has 0 amide bonds. The predicted octanol–water partition coefficient (Wildman–Crippen LogP) is 3.33. The number of hydrogen-bond donors (Lipinski definition) is 0. The SMILES string of the molecule is Fc1ccc(/C=C/Cn2cnc3c(Cl)ncnc32)cc1. The molecule has 0 saturated carbocycles. The molecule has 0 saturated heterocycles. The third-order valence-electron chi connectivity index (χ3n) is 2.84. The number of halogens is 2. The maximum atomic E-state index is 12.8. The van der Waals surface area contributed by atoms with E-state index in [1.165, 1.54) is 18.5 Å². The molecule has 4 nitrogen and oxygen atoms in total. The van der Waals surface area contributed by atoms with Crippen molar-refractivity contribution < 1.29 is 4.39 Å². The van der Waals surface area contributed by atoms with E-state index in [2.05, 4.69) is 15.0 Å². The lowest BCUT2D eigenvalue weighted by molar-refractivity contribution is 0.628. The largest absolute Gasteiger partial charge is 0.311 e. The zero-order valence-corrected chi connectivity index (χ0v) is 11.1. The van der Waals surface area contributed by atoms with Gasteiger partial charge in [0.05, 0.1) is 6.33 Å². The first-order valence-electron chi connectivity index (χ1n) is 5.97. The molecule has 2 aromatic heterocycles. The van der Waals surface area contributed by atoms with Gasteiger partial charge in [0, 0.05) is 6.54 Å². The Bertz CT molecular complexity index is 764. The minimum atomic E-state index is -0.242. The first kappa shape index (κ1) is 12.7. The second-order valence-corrected chi connectivity index (χ2v) is 4.55. The summed E-state index contributed by atoms with van der Waals surface area (Å²) in [5.41, 5.74) is 2.21. The summed E-state index contributed by atoms with van der Waals surface area (Å²) >= 11 is 5.93. The van der Waals surface area contributed by atoms with Crippen molar-refractivity contribution in [3.63, 3.8) is 0 Å². The number of rotatable bonds is 3. The molecular formula is C14H10ClFN4. The lowest BCUT2D eigenvalue weighted by atomic mass is 10.2. The van der Waals surface area contributed by atoms with Crippen molar-refractivity contribution in [2.24, 2.45) is 0 Å². The highest BCUT2D eigenvalue weighted by Crippen LogP contribution is 2.17. The lowest BCUT2D eigenvalue weighted by Crippen LogP contribution is -1.95. The van der Waals surface area contributed by atoms with Crippen LogP contribution in [0.4, 0.5) is 4.39 Å². The van der Waals surface area contributed by atoms with Crippen LogP contribution in [0.2, 0.25) is 5.15 Å². The van der Waals surface area contributed by atoms with E-state index in [9.17, 15) is 4.39 Å². The Hall–Kier alpha value is -2.27. The summed E-state index contributed by atoms with van der Waals surface area (Å²) in [4.78, 5) is 12.2. The molecule has 0 aliphatic heterocycles. The standard InChI is InChI=1S/C14H10ClFN4/c15-13-12-14(18-8-17-13)20(9-19-12)7-1-2-10-3-5-11(16)6-4-10/h1-6,8-9H,7H2/b2-1+. The minimum Gasteiger partial charge on any atom is -0.311 e. The highest BCUT2D eigenvalue weighted by atomic mass is 35.5. The van der Waals surface area contributed by atoms with E-state index in [1.54, 1.807) is 18.5 Å². The number of aromatic nitrogens is 4. The van der Waals surface area contributed by atoms with E-state index in [0.717, 1.165) is 5.56 Å². The second-order valence-electron chi connectivity index (χ2n) is 4.19. The molecule has 0 aliphatic rings. The fourth-order valence-corrected chi connectivity index (χ4v) is 2.04. The van der Waals surface area contributed by atoms with Crippen LogP contribution >= 0.6 is 11.6 Å². The van der Waals surface area contributed by atoms with Crippen LogP contribution in [0.25, 0.3) is 17.2 Å². The van der Waals surface area contributed by atoms with Gasteiger partial charge >= 0.3 is 0 Å². The Kier molecular flexibility index (Phi) is 3.43. The fourth-order valence-electron chi connectivity index (χ4n) is 1.86. The molecule has 0 aliphatic carbocycles. The molecule has 0 atom stereocenters. The molecule has 2 heterocycles. The molecule has 0 N–H and O–H groups in total. The average molecular weight is 289 g/mol. The Morgan fingerprint density at radius 1 is 1.15 bits per heavy atom. The van der Waals surface area contributed by atoms with Gasteiger partial charge in [-0.2, -0.15) is 0 Å². The van der Waals surface area contributed by atoms with Crippen molar-refractivity contribution in [3.05, 3.63) is 59.5 Å². The van der Waals surface area contributed by atoms with Gasteiger partial charge in [0.1, 0.15) is 17.7 Å². The average Bonchev–Trinajstić information content (AvgIpc) is 2.86. The highest BCUT2D eigenvalue weighted by molar-refractivity contribution is 6.33. The van der Waals surface area contributed by atoms with Gasteiger partial charge in [-0.3, -0.25) is 0 Å². The van der Waals surface area contributed by atoms with Crippen LogP contribution in [0.1, 0.15) is 5.56 Å². The van der Waals surface area contributed by atoms with E-state index >= 15 is 0 Å². The minimum absolute atomic E-state index is 0.242. The quantitative estimate of drug-likeness (QED) is 0.694. The van der Waals surface area contributed by atoms with Crippen molar-refractivity contribution in [2.45, 2.75) is 6.54 Å². The Morgan fingerprint density at radius 2 is 1.95 bits per heavy atom. The monoisotopic (exact) mass is 288 g/mol. The van der Waals surface area contributed by atoms with Crippen molar-refractivity contribution in [1.29, 1.82) is 0 Å². The van der Waals surface area contributed by atoms with Gasteiger partial charge in [-0.1, -0.05) is 35.9 Å². The van der Waals surface area contributed by atoms with Crippen LogP contribution in [-0.4, -0.2) is 19.5 Å². The molecule has 3 rings (SSSR count). The summed E-state index contributed by atoms with van der Waals surface area (Å²) in [6, 6.07) is 6.30. The van der Waals surface area contributed by atoms with Crippen LogP contribution in [0.15, 0.2) is 43.0 Å². The van der Waals surface area contributed by atoms with Crippen molar-refractivity contribution in [1.82, 2.24) is 19.5 Å². The molecule has 0 fully saturated rings. The Labute approximate surface area is 119 Å². The number of hydrogen-bond acceptors (Lipinski definition) is 3. The number of fused-ring (bicyclic) bond motifs is 1. The van der Waals surface area contributed by atoms with Gasteiger partial charge in [-0.15, -0.1) is 0 Å². The second kappa shape index (κ2) is 5.38. The molecule has 0 spiro atoms. The number of benzene rings is 1. The van der Waals surface area contributed by atoms with Crippen molar-refractivity contribution >= 4 is 28.8 Å². The third kappa shape index (κ3) is 2.53. The number of nitrogens with zero attached hydrogens (tertiary/aromatic N) is 4. The maximum Gasteiger partial charge on any atom is 0.165 e. The molecule has 0 bridgehead atoms. The summed E-state index contributed by atoms with van der Waals surface area (Å²) in [6.07, 6.45) is 6.94. The van der Waals surface area contributed by atoms with Crippen molar-refractivity contribution in [3.8, 4) is 0 Å². The molecule has 1 aromatic carbocycles. The summed E-state index contributed by atoms with van der Waals surface area (Å²) in [5.74, 6) is -0.242. The zero-order chi connectivity index (χ0) is 13.9. The number of imidazole rings is 1. The molecule has 20 heavy (non-hydrogen) atoms.